The van der Waals surface area contributed by atoms with Crippen LogP contribution in [0.1, 0.15) is 5.56 Å². The van der Waals surface area contributed by atoms with E-state index in [1.54, 1.807) is 18.5 Å². The molecule has 0 aliphatic rings. The number of tetrazole rings is 1. The number of carbonyl (C=O) groups is 1. The van der Waals surface area contributed by atoms with Crippen LogP contribution in [-0.2, 0) is 17.8 Å². The van der Waals surface area contributed by atoms with Crippen molar-refractivity contribution >= 4 is 5.91 Å². The van der Waals surface area contributed by atoms with Gasteiger partial charge in [0.1, 0.15) is 6.54 Å². The van der Waals surface area contributed by atoms with Crippen LogP contribution in [0.3, 0.4) is 0 Å². The fourth-order valence-corrected chi connectivity index (χ4v) is 2.10. The number of hydrogen-bond donors (Lipinski definition) is 1. The molecule has 23 heavy (non-hydrogen) atoms. The van der Waals surface area contributed by atoms with Gasteiger partial charge in [-0.15, -0.1) is 10.2 Å². The molecule has 0 aliphatic carbocycles. The standard InChI is InChI=1S/C16H16N6O/c23-15(18-10-8-13-5-2-1-3-6-13)12-22-20-16(19-21-22)14-7-4-9-17-11-14/h1-7,9,11H,8,10,12H2,(H,18,23). The van der Waals surface area contributed by atoms with Gasteiger partial charge in [-0.05, 0) is 29.3 Å². The molecule has 7 nitrogen and oxygen atoms in total. The summed E-state index contributed by atoms with van der Waals surface area (Å²) in [6, 6.07) is 13.6. The number of carbonyl (C=O) groups excluding carboxylic acids is 1. The number of hydrogen-bond acceptors (Lipinski definition) is 5. The van der Waals surface area contributed by atoms with Gasteiger partial charge in [0.2, 0.25) is 11.7 Å². The van der Waals surface area contributed by atoms with E-state index in [4.69, 9.17) is 0 Å². The van der Waals surface area contributed by atoms with Gasteiger partial charge in [-0.1, -0.05) is 30.3 Å². The highest BCUT2D eigenvalue weighted by molar-refractivity contribution is 5.75. The second-order valence-electron chi connectivity index (χ2n) is 4.97. The minimum absolute atomic E-state index is 0.0437. The molecule has 2 heterocycles. The van der Waals surface area contributed by atoms with Crippen LogP contribution in [0.2, 0.25) is 0 Å². The van der Waals surface area contributed by atoms with Gasteiger partial charge in [0.15, 0.2) is 0 Å². The van der Waals surface area contributed by atoms with E-state index in [2.05, 4.69) is 25.7 Å². The number of nitrogens with zero attached hydrogens (tertiary/aromatic N) is 5. The van der Waals surface area contributed by atoms with E-state index < -0.39 is 0 Å². The van der Waals surface area contributed by atoms with Gasteiger partial charge in [-0.2, -0.15) is 4.80 Å². The Bertz CT molecular complexity index is 757. The lowest BCUT2D eigenvalue weighted by molar-refractivity contribution is -0.122. The lowest BCUT2D eigenvalue weighted by Crippen LogP contribution is -2.30. The van der Waals surface area contributed by atoms with Crippen LogP contribution in [0, 0.1) is 0 Å². The first-order chi connectivity index (χ1) is 11.3. The summed E-state index contributed by atoms with van der Waals surface area (Å²) in [6.45, 7) is 0.620. The summed E-state index contributed by atoms with van der Waals surface area (Å²) >= 11 is 0. The van der Waals surface area contributed by atoms with Gasteiger partial charge < -0.3 is 5.32 Å². The second-order valence-corrected chi connectivity index (χ2v) is 4.97. The average Bonchev–Trinajstić information content (AvgIpc) is 3.05. The molecule has 0 aliphatic heterocycles. The van der Waals surface area contributed by atoms with Crippen molar-refractivity contribution in [3.05, 3.63) is 60.4 Å². The predicted octanol–water partition coefficient (Wildman–Crippen LogP) is 1.09. The summed E-state index contributed by atoms with van der Waals surface area (Å²) < 4.78 is 0. The first-order valence-electron chi connectivity index (χ1n) is 7.30. The third kappa shape index (κ3) is 4.19. The summed E-state index contributed by atoms with van der Waals surface area (Å²) in [4.78, 5) is 17.2. The van der Waals surface area contributed by atoms with Gasteiger partial charge in [0.25, 0.3) is 0 Å². The van der Waals surface area contributed by atoms with Gasteiger partial charge in [0.05, 0.1) is 0 Å². The fourth-order valence-electron chi connectivity index (χ4n) is 2.10. The van der Waals surface area contributed by atoms with E-state index in [9.17, 15) is 4.79 Å². The first kappa shape index (κ1) is 14.8. The van der Waals surface area contributed by atoms with E-state index in [1.165, 1.54) is 10.4 Å². The predicted molar refractivity (Wildman–Crippen MR) is 84.2 cm³/mol. The summed E-state index contributed by atoms with van der Waals surface area (Å²) in [7, 11) is 0. The Kier molecular flexibility index (Phi) is 4.68. The fraction of sp³-hybridized carbons (Fsp3) is 0.188. The van der Waals surface area contributed by atoms with E-state index in [0.29, 0.717) is 12.4 Å². The maximum atomic E-state index is 11.9. The molecule has 1 amide bonds. The second kappa shape index (κ2) is 7.26. The third-order valence-corrected chi connectivity index (χ3v) is 3.24. The molecule has 116 valence electrons. The number of pyridine rings is 1. The van der Waals surface area contributed by atoms with Crippen molar-refractivity contribution in [2.45, 2.75) is 13.0 Å². The summed E-state index contributed by atoms with van der Waals surface area (Å²) in [6.07, 6.45) is 4.12. The molecule has 0 fully saturated rings. The topological polar surface area (TPSA) is 85.6 Å². The van der Waals surface area contributed by atoms with Gasteiger partial charge in [-0.3, -0.25) is 9.78 Å². The molecule has 0 bridgehead atoms. The molecule has 3 aromatic rings. The largest absolute Gasteiger partial charge is 0.354 e. The van der Waals surface area contributed by atoms with Crippen LogP contribution in [0.4, 0.5) is 0 Å². The van der Waals surface area contributed by atoms with E-state index in [1.807, 2.05) is 36.4 Å². The Morgan fingerprint density at radius 2 is 2.00 bits per heavy atom. The smallest absolute Gasteiger partial charge is 0.243 e. The average molecular weight is 308 g/mol. The van der Waals surface area contributed by atoms with E-state index in [0.717, 1.165) is 12.0 Å². The SMILES string of the molecule is O=C(Cn1nnc(-c2cccnc2)n1)NCCc1ccccc1. The lowest BCUT2D eigenvalue weighted by atomic mass is 10.1. The van der Waals surface area contributed by atoms with Crippen LogP contribution in [-0.4, -0.2) is 37.6 Å². The molecule has 0 radical (unpaired) electrons. The Morgan fingerprint density at radius 1 is 1.13 bits per heavy atom. The molecule has 1 N–H and O–H groups in total. The number of amides is 1. The van der Waals surface area contributed by atoms with Crippen molar-refractivity contribution in [2.24, 2.45) is 0 Å². The molecular weight excluding hydrogens is 292 g/mol. The quantitative estimate of drug-likeness (QED) is 0.737. The van der Waals surface area contributed by atoms with Crippen molar-refractivity contribution in [1.82, 2.24) is 30.5 Å². The maximum Gasteiger partial charge on any atom is 0.243 e. The summed E-state index contributed by atoms with van der Waals surface area (Å²) in [5.41, 5.74) is 1.95. The highest BCUT2D eigenvalue weighted by atomic mass is 16.2. The van der Waals surface area contributed by atoms with Gasteiger partial charge >= 0.3 is 0 Å². The van der Waals surface area contributed by atoms with Crippen molar-refractivity contribution in [3.63, 3.8) is 0 Å². The molecule has 0 atom stereocenters. The summed E-state index contributed by atoms with van der Waals surface area (Å²) in [5, 5.41) is 14.8. The zero-order valence-electron chi connectivity index (χ0n) is 12.5. The van der Waals surface area contributed by atoms with Crippen LogP contribution < -0.4 is 5.32 Å². The third-order valence-electron chi connectivity index (χ3n) is 3.24. The number of nitrogens with one attached hydrogen (secondary N) is 1. The molecule has 7 heteroatoms. The number of benzene rings is 1. The minimum atomic E-state index is -0.143. The monoisotopic (exact) mass is 308 g/mol. The van der Waals surface area contributed by atoms with Crippen molar-refractivity contribution in [3.8, 4) is 11.4 Å². The highest BCUT2D eigenvalue weighted by Gasteiger charge is 2.08. The minimum Gasteiger partial charge on any atom is -0.354 e. The zero-order chi connectivity index (χ0) is 15.9. The molecule has 0 spiro atoms. The normalized spacial score (nSPS) is 10.4. The maximum absolute atomic E-state index is 11.9. The molecule has 3 rings (SSSR count). The Labute approximate surface area is 133 Å². The van der Waals surface area contributed by atoms with E-state index in [-0.39, 0.29) is 12.5 Å². The van der Waals surface area contributed by atoms with Crippen molar-refractivity contribution < 1.29 is 4.79 Å². The van der Waals surface area contributed by atoms with Gasteiger partial charge in [-0.25, -0.2) is 0 Å². The van der Waals surface area contributed by atoms with Crippen LogP contribution in [0.15, 0.2) is 54.9 Å². The highest BCUT2D eigenvalue weighted by Crippen LogP contribution is 2.09. The van der Waals surface area contributed by atoms with Crippen molar-refractivity contribution in [2.75, 3.05) is 6.54 Å². The molecule has 0 saturated carbocycles. The van der Waals surface area contributed by atoms with Crippen LogP contribution >= 0.6 is 0 Å². The molecule has 1 aromatic carbocycles. The van der Waals surface area contributed by atoms with Gasteiger partial charge in [0, 0.05) is 24.5 Å². The first-order valence-corrected chi connectivity index (χ1v) is 7.30. The van der Waals surface area contributed by atoms with Crippen LogP contribution in [0.5, 0.6) is 0 Å². The zero-order valence-corrected chi connectivity index (χ0v) is 12.5. The number of rotatable bonds is 6. The van der Waals surface area contributed by atoms with E-state index >= 15 is 0 Å². The molecule has 0 saturated heterocycles. The molecular formula is C16H16N6O. The number of aromatic nitrogens is 5. The summed E-state index contributed by atoms with van der Waals surface area (Å²) in [5.74, 6) is 0.311. The molecule has 2 aromatic heterocycles. The Morgan fingerprint density at radius 3 is 2.78 bits per heavy atom. The lowest BCUT2D eigenvalue weighted by Gasteiger charge is -2.04. The molecule has 0 unspecified atom stereocenters. The van der Waals surface area contributed by atoms with Crippen molar-refractivity contribution in [1.29, 1.82) is 0 Å². The van der Waals surface area contributed by atoms with Crippen LogP contribution in [0.25, 0.3) is 11.4 Å². The Hall–Kier alpha value is -3.09. The Balaban J connectivity index is 1.49.